The average molecular weight is 298 g/mol. The lowest BCUT2D eigenvalue weighted by molar-refractivity contribution is 0.194. The van der Waals surface area contributed by atoms with Gasteiger partial charge in [0.2, 0.25) is 5.75 Å². The molecule has 21 heavy (non-hydrogen) atoms. The molecule has 1 rings (SSSR count). The van der Waals surface area contributed by atoms with Crippen LogP contribution in [0, 0.1) is 0 Å². The third kappa shape index (κ3) is 5.03. The first kappa shape index (κ1) is 16.9. The molecule has 0 aliphatic rings. The number of methoxy groups -OCH3 is 4. The number of hydrogen-bond donors (Lipinski definition) is 2. The van der Waals surface area contributed by atoms with E-state index in [1.165, 1.54) is 21.3 Å². The number of hydrogen-bond acceptors (Lipinski definition) is 5. The van der Waals surface area contributed by atoms with Crippen molar-refractivity contribution in [2.75, 3.05) is 46.9 Å². The van der Waals surface area contributed by atoms with Crippen molar-refractivity contribution in [2.45, 2.75) is 6.42 Å². The summed E-state index contributed by atoms with van der Waals surface area (Å²) in [6, 6.07) is 3.02. The van der Waals surface area contributed by atoms with Crippen LogP contribution >= 0.6 is 0 Å². The number of urea groups is 1. The first-order valence-corrected chi connectivity index (χ1v) is 6.50. The van der Waals surface area contributed by atoms with Gasteiger partial charge >= 0.3 is 6.03 Å². The molecule has 0 heterocycles. The van der Waals surface area contributed by atoms with Crippen LogP contribution in [0.2, 0.25) is 0 Å². The van der Waals surface area contributed by atoms with Gasteiger partial charge in [0, 0.05) is 32.4 Å². The molecule has 7 nitrogen and oxygen atoms in total. The molecular weight excluding hydrogens is 276 g/mol. The molecular formula is C14H22N2O5. The highest BCUT2D eigenvalue weighted by Gasteiger charge is 2.14. The van der Waals surface area contributed by atoms with E-state index >= 15 is 0 Å². The highest BCUT2D eigenvalue weighted by atomic mass is 16.5. The van der Waals surface area contributed by atoms with Crippen molar-refractivity contribution in [3.63, 3.8) is 0 Å². The number of rotatable bonds is 8. The molecule has 2 amide bonds. The third-order valence-electron chi connectivity index (χ3n) is 2.73. The molecule has 1 aromatic rings. The summed E-state index contributed by atoms with van der Waals surface area (Å²) in [7, 11) is 6.18. The van der Waals surface area contributed by atoms with Crippen LogP contribution in [0.5, 0.6) is 17.2 Å². The van der Waals surface area contributed by atoms with E-state index < -0.39 is 0 Å². The van der Waals surface area contributed by atoms with Gasteiger partial charge in [-0.2, -0.15) is 0 Å². The second-order valence-corrected chi connectivity index (χ2v) is 4.14. The van der Waals surface area contributed by atoms with Crippen molar-refractivity contribution in [1.82, 2.24) is 5.32 Å². The molecule has 0 radical (unpaired) electrons. The molecule has 0 aliphatic heterocycles. The van der Waals surface area contributed by atoms with Crippen molar-refractivity contribution in [3.8, 4) is 17.2 Å². The molecule has 0 unspecified atom stereocenters. The second-order valence-electron chi connectivity index (χ2n) is 4.14. The van der Waals surface area contributed by atoms with Gasteiger partial charge in [0.25, 0.3) is 0 Å². The van der Waals surface area contributed by atoms with E-state index in [2.05, 4.69) is 10.6 Å². The van der Waals surface area contributed by atoms with E-state index in [-0.39, 0.29) is 6.03 Å². The van der Waals surface area contributed by atoms with Crippen molar-refractivity contribution < 1.29 is 23.7 Å². The van der Waals surface area contributed by atoms with E-state index in [1.807, 2.05) is 0 Å². The Hall–Kier alpha value is -2.15. The van der Waals surface area contributed by atoms with Gasteiger partial charge in [-0.1, -0.05) is 0 Å². The van der Waals surface area contributed by atoms with Crippen molar-refractivity contribution in [3.05, 3.63) is 12.1 Å². The standard InChI is InChI=1S/C14H22N2O5/c1-18-7-5-6-15-14(17)16-10-8-11(19-2)13(21-4)12(9-10)20-3/h8-9H,5-7H2,1-4H3,(H2,15,16,17). The molecule has 0 atom stereocenters. The quantitative estimate of drug-likeness (QED) is 0.716. The van der Waals surface area contributed by atoms with Crippen molar-refractivity contribution in [2.24, 2.45) is 0 Å². The zero-order chi connectivity index (χ0) is 15.7. The molecule has 0 aromatic heterocycles. The highest BCUT2D eigenvalue weighted by Crippen LogP contribution is 2.39. The molecule has 0 aliphatic carbocycles. The monoisotopic (exact) mass is 298 g/mol. The Morgan fingerprint density at radius 2 is 1.67 bits per heavy atom. The zero-order valence-corrected chi connectivity index (χ0v) is 12.8. The molecule has 118 valence electrons. The lowest BCUT2D eigenvalue weighted by Crippen LogP contribution is -2.30. The van der Waals surface area contributed by atoms with Gasteiger partial charge in [-0.3, -0.25) is 0 Å². The summed E-state index contributed by atoms with van der Waals surface area (Å²) in [6.07, 6.45) is 0.749. The van der Waals surface area contributed by atoms with Crippen LogP contribution in [-0.4, -0.2) is 47.6 Å². The smallest absolute Gasteiger partial charge is 0.319 e. The summed E-state index contributed by atoms with van der Waals surface area (Å²) in [4.78, 5) is 11.8. The second kappa shape index (κ2) is 8.91. The first-order valence-electron chi connectivity index (χ1n) is 6.50. The van der Waals surface area contributed by atoms with E-state index in [9.17, 15) is 4.79 Å². The van der Waals surface area contributed by atoms with Gasteiger partial charge < -0.3 is 29.6 Å². The Kier molecular flexibility index (Phi) is 7.17. The van der Waals surface area contributed by atoms with E-state index in [4.69, 9.17) is 18.9 Å². The van der Waals surface area contributed by atoms with Crippen molar-refractivity contribution in [1.29, 1.82) is 0 Å². The summed E-state index contributed by atoms with van der Waals surface area (Å²) in [5, 5.41) is 5.44. The SMILES string of the molecule is COCCCNC(=O)Nc1cc(OC)c(OC)c(OC)c1. The fourth-order valence-corrected chi connectivity index (χ4v) is 1.75. The topological polar surface area (TPSA) is 78.1 Å². The lowest BCUT2D eigenvalue weighted by Gasteiger charge is -2.14. The maximum absolute atomic E-state index is 11.8. The van der Waals surface area contributed by atoms with Crippen LogP contribution in [0.15, 0.2) is 12.1 Å². The van der Waals surface area contributed by atoms with E-state index in [0.717, 1.165) is 6.42 Å². The number of benzene rings is 1. The van der Waals surface area contributed by atoms with Gasteiger partial charge in [0.05, 0.1) is 27.0 Å². The molecule has 0 fully saturated rings. The Morgan fingerprint density at radius 1 is 1.05 bits per heavy atom. The average Bonchev–Trinajstić information content (AvgIpc) is 2.50. The van der Waals surface area contributed by atoms with Gasteiger partial charge in [-0.05, 0) is 6.42 Å². The summed E-state index contributed by atoms with van der Waals surface area (Å²) in [5.74, 6) is 1.43. The van der Waals surface area contributed by atoms with Gasteiger partial charge in [-0.15, -0.1) is 0 Å². The fourth-order valence-electron chi connectivity index (χ4n) is 1.75. The van der Waals surface area contributed by atoms with E-state index in [1.54, 1.807) is 19.2 Å². The third-order valence-corrected chi connectivity index (χ3v) is 2.73. The maximum Gasteiger partial charge on any atom is 0.319 e. The van der Waals surface area contributed by atoms with Crippen LogP contribution in [0.3, 0.4) is 0 Å². The zero-order valence-electron chi connectivity index (χ0n) is 12.8. The van der Waals surface area contributed by atoms with Gasteiger partial charge in [0.15, 0.2) is 11.5 Å². The number of carbonyl (C=O) groups is 1. The van der Waals surface area contributed by atoms with Gasteiger partial charge in [-0.25, -0.2) is 4.79 Å². The predicted octanol–water partition coefficient (Wildman–Crippen LogP) is 1.87. The number of carbonyl (C=O) groups excluding carboxylic acids is 1. The minimum atomic E-state index is -0.305. The predicted molar refractivity (Wildman–Crippen MR) is 79.6 cm³/mol. The molecule has 7 heteroatoms. The Balaban J connectivity index is 2.72. The van der Waals surface area contributed by atoms with Crippen LogP contribution in [-0.2, 0) is 4.74 Å². The first-order chi connectivity index (χ1) is 10.2. The Labute approximate surface area is 124 Å². The number of amides is 2. The summed E-state index contributed by atoms with van der Waals surface area (Å²) in [6.45, 7) is 1.13. The van der Waals surface area contributed by atoms with Crippen LogP contribution in [0.4, 0.5) is 10.5 Å². The molecule has 1 aromatic carbocycles. The van der Waals surface area contributed by atoms with Crippen LogP contribution in [0.25, 0.3) is 0 Å². The number of anilines is 1. The summed E-state index contributed by atoms with van der Waals surface area (Å²) < 4.78 is 20.6. The Morgan fingerprint density at radius 3 is 2.14 bits per heavy atom. The normalized spacial score (nSPS) is 9.90. The summed E-state index contributed by atoms with van der Waals surface area (Å²) >= 11 is 0. The largest absolute Gasteiger partial charge is 0.493 e. The van der Waals surface area contributed by atoms with Crippen molar-refractivity contribution >= 4 is 11.7 Å². The number of nitrogens with one attached hydrogen (secondary N) is 2. The minimum Gasteiger partial charge on any atom is -0.493 e. The van der Waals surface area contributed by atoms with Crippen LogP contribution in [0.1, 0.15) is 6.42 Å². The summed E-state index contributed by atoms with van der Waals surface area (Å²) in [5.41, 5.74) is 0.550. The molecule has 0 spiro atoms. The highest BCUT2D eigenvalue weighted by molar-refractivity contribution is 5.90. The molecule has 0 bridgehead atoms. The molecule has 0 saturated heterocycles. The molecule has 2 N–H and O–H groups in total. The fraction of sp³-hybridized carbons (Fsp3) is 0.500. The maximum atomic E-state index is 11.8. The minimum absolute atomic E-state index is 0.305. The van der Waals surface area contributed by atoms with Crippen LogP contribution < -0.4 is 24.8 Å². The van der Waals surface area contributed by atoms with E-state index in [0.29, 0.717) is 36.1 Å². The lowest BCUT2D eigenvalue weighted by atomic mass is 10.2. The Bertz CT molecular complexity index is 440. The number of ether oxygens (including phenoxy) is 4. The molecule has 0 saturated carbocycles. The van der Waals surface area contributed by atoms with Gasteiger partial charge in [0.1, 0.15) is 0 Å².